The SMILES string of the molecule is CC1CCCC(c2ccc(CCCCCCCS(=O)(=O)C(C)C)cc2)C1C. The molecule has 3 heteroatoms. The highest BCUT2D eigenvalue weighted by atomic mass is 32.2. The molecule has 0 aromatic heterocycles. The van der Waals surface area contributed by atoms with E-state index in [0.29, 0.717) is 5.75 Å². The maximum Gasteiger partial charge on any atom is 0.152 e. The summed E-state index contributed by atoms with van der Waals surface area (Å²) in [6.45, 7) is 8.38. The van der Waals surface area contributed by atoms with E-state index in [1.54, 1.807) is 13.8 Å². The molecule has 1 aliphatic carbocycles. The molecule has 1 aromatic rings. The van der Waals surface area contributed by atoms with Gasteiger partial charge in [-0.15, -0.1) is 0 Å². The van der Waals surface area contributed by atoms with Crippen molar-refractivity contribution in [2.24, 2.45) is 11.8 Å². The Morgan fingerprint density at radius 3 is 2.22 bits per heavy atom. The zero-order valence-corrected chi connectivity index (χ0v) is 18.7. The van der Waals surface area contributed by atoms with Gasteiger partial charge in [0, 0.05) is 0 Å². The van der Waals surface area contributed by atoms with E-state index in [9.17, 15) is 8.42 Å². The molecule has 3 unspecified atom stereocenters. The number of aryl methyl sites for hydroxylation is 1. The molecule has 2 rings (SSSR count). The lowest BCUT2D eigenvalue weighted by atomic mass is 9.71. The predicted octanol–water partition coefficient (Wildman–Crippen LogP) is 6.54. The first kappa shape index (κ1) is 22.5. The van der Waals surface area contributed by atoms with Crippen LogP contribution in [0.15, 0.2) is 24.3 Å². The monoisotopic (exact) mass is 392 g/mol. The van der Waals surface area contributed by atoms with Crippen molar-refractivity contribution in [2.75, 3.05) is 5.75 Å². The zero-order valence-electron chi connectivity index (χ0n) is 17.9. The first-order valence-electron chi connectivity index (χ1n) is 11.1. The molecule has 3 atom stereocenters. The van der Waals surface area contributed by atoms with Crippen LogP contribution in [0.2, 0.25) is 0 Å². The maximum absolute atomic E-state index is 11.8. The molecule has 0 amide bonds. The minimum Gasteiger partial charge on any atom is -0.229 e. The largest absolute Gasteiger partial charge is 0.229 e. The molecule has 1 aromatic carbocycles. The summed E-state index contributed by atoms with van der Waals surface area (Å²) in [5.41, 5.74) is 2.97. The van der Waals surface area contributed by atoms with Gasteiger partial charge in [-0.1, -0.05) is 70.2 Å². The fraction of sp³-hybridized carbons (Fsp3) is 0.750. The number of benzene rings is 1. The average Bonchev–Trinajstić information content (AvgIpc) is 2.63. The summed E-state index contributed by atoms with van der Waals surface area (Å²) >= 11 is 0. The smallest absolute Gasteiger partial charge is 0.152 e. The van der Waals surface area contributed by atoms with E-state index in [0.717, 1.165) is 43.4 Å². The van der Waals surface area contributed by atoms with E-state index in [4.69, 9.17) is 0 Å². The Hall–Kier alpha value is -0.830. The predicted molar refractivity (Wildman–Crippen MR) is 117 cm³/mol. The summed E-state index contributed by atoms with van der Waals surface area (Å²) in [5.74, 6) is 2.73. The van der Waals surface area contributed by atoms with Crippen molar-refractivity contribution >= 4 is 9.84 Å². The Morgan fingerprint density at radius 1 is 0.926 bits per heavy atom. The van der Waals surface area contributed by atoms with Gasteiger partial charge >= 0.3 is 0 Å². The van der Waals surface area contributed by atoms with E-state index >= 15 is 0 Å². The molecule has 1 aliphatic rings. The Kier molecular flexibility index (Phi) is 8.85. The standard InChI is InChI=1S/C24H40O2S/c1-19(2)27(25,26)18-9-7-5-6-8-12-22-14-16-23(17-15-22)24-13-10-11-20(3)21(24)4/h14-17,19-21,24H,5-13,18H2,1-4H3. The first-order valence-corrected chi connectivity index (χ1v) is 12.8. The van der Waals surface area contributed by atoms with Gasteiger partial charge < -0.3 is 0 Å². The summed E-state index contributed by atoms with van der Waals surface area (Å²) in [7, 11) is -2.85. The molecule has 1 saturated carbocycles. The van der Waals surface area contributed by atoms with Crippen molar-refractivity contribution in [3.8, 4) is 0 Å². The lowest BCUT2D eigenvalue weighted by Crippen LogP contribution is -2.22. The van der Waals surface area contributed by atoms with Gasteiger partial charge in [-0.2, -0.15) is 0 Å². The topological polar surface area (TPSA) is 34.1 Å². The molecule has 0 saturated heterocycles. The second-order valence-electron chi connectivity index (χ2n) is 9.05. The van der Waals surface area contributed by atoms with Crippen molar-refractivity contribution in [3.63, 3.8) is 0 Å². The van der Waals surface area contributed by atoms with Gasteiger partial charge in [0.1, 0.15) is 0 Å². The van der Waals surface area contributed by atoms with Crippen LogP contribution in [0.1, 0.15) is 96.1 Å². The molecular weight excluding hydrogens is 352 g/mol. The fourth-order valence-corrected chi connectivity index (χ4v) is 5.46. The minimum absolute atomic E-state index is 0.236. The van der Waals surface area contributed by atoms with Gasteiger partial charge in [0.2, 0.25) is 0 Å². The third-order valence-corrected chi connectivity index (χ3v) is 9.02. The van der Waals surface area contributed by atoms with E-state index in [2.05, 4.69) is 38.1 Å². The van der Waals surface area contributed by atoms with Crippen LogP contribution in [0.4, 0.5) is 0 Å². The Labute approximate surface area is 168 Å². The molecule has 1 fully saturated rings. The number of hydrogen-bond acceptors (Lipinski definition) is 2. The number of hydrogen-bond donors (Lipinski definition) is 0. The highest BCUT2D eigenvalue weighted by molar-refractivity contribution is 7.91. The Balaban J connectivity index is 1.66. The number of unbranched alkanes of at least 4 members (excludes halogenated alkanes) is 4. The van der Waals surface area contributed by atoms with E-state index < -0.39 is 9.84 Å². The molecular formula is C24H40O2S. The highest BCUT2D eigenvalue weighted by Crippen LogP contribution is 2.40. The average molecular weight is 393 g/mol. The van der Waals surface area contributed by atoms with Gasteiger partial charge in [-0.3, -0.25) is 0 Å². The van der Waals surface area contributed by atoms with Crippen molar-refractivity contribution in [2.45, 2.75) is 96.7 Å². The molecule has 154 valence electrons. The molecule has 2 nitrogen and oxygen atoms in total. The summed E-state index contributed by atoms with van der Waals surface area (Å²) in [6.07, 6.45) is 10.6. The highest BCUT2D eigenvalue weighted by Gasteiger charge is 2.27. The van der Waals surface area contributed by atoms with Crippen LogP contribution in [0.3, 0.4) is 0 Å². The molecule has 0 N–H and O–H groups in total. The van der Waals surface area contributed by atoms with Crippen LogP contribution in [0, 0.1) is 11.8 Å². The van der Waals surface area contributed by atoms with Gasteiger partial charge in [0.15, 0.2) is 9.84 Å². The Morgan fingerprint density at radius 2 is 1.56 bits per heavy atom. The molecule has 0 radical (unpaired) electrons. The van der Waals surface area contributed by atoms with Crippen LogP contribution in [-0.2, 0) is 16.3 Å². The zero-order chi connectivity index (χ0) is 19.9. The van der Waals surface area contributed by atoms with Crippen molar-refractivity contribution < 1.29 is 8.42 Å². The van der Waals surface area contributed by atoms with Gasteiger partial charge in [-0.25, -0.2) is 8.42 Å². The third kappa shape index (κ3) is 6.93. The summed E-state index contributed by atoms with van der Waals surface area (Å²) in [5, 5.41) is -0.236. The lowest BCUT2D eigenvalue weighted by molar-refractivity contribution is 0.238. The molecule has 27 heavy (non-hydrogen) atoms. The first-order chi connectivity index (χ1) is 12.8. The lowest BCUT2D eigenvalue weighted by Gasteiger charge is -2.34. The van der Waals surface area contributed by atoms with E-state index in [1.807, 2.05) is 0 Å². The Bertz CT molecular complexity index is 645. The van der Waals surface area contributed by atoms with Crippen LogP contribution in [0.5, 0.6) is 0 Å². The van der Waals surface area contributed by atoms with Gasteiger partial charge in [0.05, 0.1) is 11.0 Å². The van der Waals surface area contributed by atoms with Crippen LogP contribution >= 0.6 is 0 Å². The van der Waals surface area contributed by atoms with Crippen molar-refractivity contribution in [1.29, 1.82) is 0 Å². The van der Waals surface area contributed by atoms with Gasteiger partial charge in [-0.05, 0) is 68.4 Å². The summed E-state index contributed by atoms with van der Waals surface area (Å²) < 4.78 is 23.6. The van der Waals surface area contributed by atoms with Crippen LogP contribution in [0.25, 0.3) is 0 Å². The fourth-order valence-electron chi connectivity index (χ4n) is 4.38. The van der Waals surface area contributed by atoms with E-state index in [1.165, 1.54) is 43.2 Å². The van der Waals surface area contributed by atoms with Crippen LogP contribution < -0.4 is 0 Å². The molecule has 0 heterocycles. The molecule has 0 bridgehead atoms. The molecule has 0 spiro atoms. The number of sulfone groups is 1. The maximum atomic E-state index is 11.8. The third-order valence-electron chi connectivity index (χ3n) is 6.73. The number of rotatable bonds is 10. The quantitative estimate of drug-likeness (QED) is 0.423. The molecule has 0 aliphatic heterocycles. The summed E-state index contributed by atoms with van der Waals surface area (Å²) in [4.78, 5) is 0. The second-order valence-corrected chi connectivity index (χ2v) is 11.7. The van der Waals surface area contributed by atoms with Crippen molar-refractivity contribution in [1.82, 2.24) is 0 Å². The minimum atomic E-state index is -2.85. The van der Waals surface area contributed by atoms with Crippen molar-refractivity contribution in [3.05, 3.63) is 35.4 Å². The second kappa shape index (κ2) is 10.6. The normalized spacial score (nSPS) is 23.7. The van der Waals surface area contributed by atoms with E-state index in [-0.39, 0.29) is 5.25 Å². The summed E-state index contributed by atoms with van der Waals surface area (Å²) in [6, 6.07) is 9.39. The van der Waals surface area contributed by atoms with Crippen LogP contribution in [-0.4, -0.2) is 19.4 Å². The van der Waals surface area contributed by atoms with Gasteiger partial charge in [0.25, 0.3) is 0 Å².